The van der Waals surface area contributed by atoms with Crippen molar-refractivity contribution in [1.82, 2.24) is 5.32 Å². The van der Waals surface area contributed by atoms with Gasteiger partial charge in [0.15, 0.2) is 0 Å². The van der Waals surface area contributed by atoms with Crippen molar-refractivity contribution in [3.05, 3.63) is 71.8 Å². The highest BCUT2D eigenvalue weighted by Gasteiger charge is 2.19. The summed E-state index contributed by atoms with van der Waals surface area (Å²) in [6, 6.07) is 17.9. The van der Waals surface area contributed by atoms with E-state index in [1.165, 1.54) is 0 Å². The third kappa shape index (κ3) is 4.41. The van der Waals surface area contributed by atoms with Gasteiger partial charge in [0.25, 0.3) is 0 Å². The van der Waals surface area contributed by atoms with E-state index in [-0.39, 0.29) is 18.6 Å². The van der Waals surface area contributed by atoms with Crippen LogP contribution >= 0.6 is 0 Å². The summed E-state index contributed by atoms with van der Waals surface area (Å²) in [5.74, 6) is -0.281. The van der Waals surface area contributed by atoms with Crippen molar-refractivity contribution in [2.45, 2.75) is 18.5 Å². The quantitative estimate of drug-likeness (QED) is 0.750. The van der Waals surface area contributed by atoms with Gasteiger partial charge in [-0.15, -0.1) is 0 Å². The van der Waals surface area contributed by atoms with Crippen molar-refractivity contribution in [3.63, 3.8) is 0 Å². The van der Waals surface area contributed by atoms with E-state index in [0.717, 1.165) is 11.1 Å². The molecule has 0 radical (unpaired) electrons. The van der Waals surface area contributed by atoms with Gasteiger partial charge in [-0.1, -0.05) is 60.7 Å². The number of rotatable bonds is 6. The largest absolute Gasteiger partial charge is 0.394 e. The van der Waals surface area contributed by atoms with Crippen LogP contribution in [0.2, 0.25) is 0 Å². The van der Waals surface area contributed by atoms with E-state index < -0.39 is 6.04 Å². The van der Waals surface area contributed by atoms with Gasteiger partial charge in [-0.25, -0.2) is 0 Å². The minimum absolute atomic E-state index is 0.123. The molecule has 0 saturated carbocycles. The van der Waals surface area contributed by atoms with Crippen LogP contribution in [0.15, 0.2) is 60.7 Å². The molecule has 2 atom stereocenters. The Kier molecular flexibility index (Phi) is 5.49. The minimum atomic E-state index is -0.726. The fourth-order valence-electron chi connectivity index (χ4n) is 2.16. The zero-order valence-corrected chi connectivity index (χ0v) is 11.8. The van der Waals surface area contributed by atoms with Crippen molar-refractivity contribution in [2.24, 2.45) is 5.73 Å². The topological polar surface area (TPSA) is 75.4 Å². The molecule has 4 heteroatoms. The first-order chi connectivity index (χ1) is 10.2. The van der Waals surface area contributed by atoms with Crippen molar-refractivity contribution >= 4 is 5.91 Å². The molecule has 0 aliphatic rings. The van der Waals surface area contributed by atoms with Gasteiger partial charge in [-0.3, -0.25) is 4.79 Å². The number of benzene rings is 2. The third-order valence-electron chi connectivity index (χ3n) is 3.33. The summed E-state index contributed by atoms with van der Waals surface area (Å²) in [5.41, 5.74) is 7.76. The molecule has 21 heavy (non-hydrogen) atoms. The number of amides is 1. The molecule has 0 aromatic heterocycles. The lowest BCUT2D eigenvalue weighted by Crippen LogP contribution is -2.43. The van der Waals surface area contributed by atoms with Crippen LogP contribution in [0.3, 0.4) is 0 Å². The lowest BCUT2D eigenvalue weighted by atomic mass is 10.0. The van der Waals surface area contributed by atoms with Gasteiger partial charge in [0, 0.05) is 0 Å². The van der Waals surface area contributed by atoms with Gasteiger partial charge in [-0.2, -0.15) is 0 Å². The van der Waals surface area contributed by atoms with Gasteiger partial charge >= 0.3 is 0 Å². The number of nitrogens with one attached hydrogen (secondary N) is 1. The molecule has 2 aromatic carbocycles. The van der Waals surface area contributed by atoms with Crippen LogP contribution in [0.5, 0.6) is 0 Å². The lowest BCUT2D eigenvalue weighted by molar-refractivity contribution is -0.123. The minimum Gasteiger partial charge on any atom is -0.394 e. The average molecular weight is 284 g/mol. The normalized spacial score (nSPS) is 13.4. The average Bonchev–Trinajstić information content (AvgIpc) is 2.55. The second-order valence-corrected chi connectivity index (χ2v) is 4.97. The Balaban J connectivity index is 1.96. The fraction of sp³-hybridized carbons (Fsp3) is 0.235. The summed E-state index contributed by atoms with van der Waals surface area (Å²) in [6.45, 7) is -0.123. The molecule has 0 unspecified atom stereocenters. The van der Waals surface area contributed by atoms with Crippen molar-refractivity contribution in [1.29, 1.82) is 0 Å². The van der Waals surface area contributed by atoms with Crippen molar-refractivity contribution in [3.8, 4) is 0 Å². The number of hydrogen-bond acceptors (Lipinski definition) is 3. The smallest absolute Gasteiger partial charge is 0.241 e. The predicted molar refractivity (Wildman–Crippen MR) is 82.5 cm³/mol. The second kappa shape index (κ2) is 7.57. The maximum absolute atomic E-state index is 12.2. The highest BCUT2D eigenvalue weighted by molar-refractivity contribution is 5.83. The highest BCUT2D eigenvalue weighted by Crippen LogP contribution is 2.10. The summed E-state index contributed by atoms with van der Waals surface area (Å²) in [4.78, 5) is 12.2. The van der Waals surface area contributed by atoms with Gasteiger partial charge in [0.2, 0.25) is 5.91 Å². The Morgan fingerprint density at radius 1 is 1.05 bits per heavy atom. The van der Waals surface area contributed by atoms with Crippen molar-refractivity contribution < 1.29 is 9.90 Å². The van der Waals surface area contributed by atoms with Gasteiger partial charge < -0.3 is 16.2 Å². The molecule has 4 nitrogen and oxygen atoms in total. The van der Waals surface area contributed by atoms with Gasteiger partial charge in [0.05, 0.1) is 12.6 Å². The van der Waals surface area contributed by atoms with E-state index in [2.05, 4.69) is 5.32 Å². The number of carbonyl (C=O) groups is 1. The Hall–Kier alpha value is -2.17. The van der Waals surface area contributed by atoms with E-state index >= 15 is 0 Å². The molecular weight excluding hydrogens is 264 g/mol. The maximum atomic E-state index is 12.2. The first-order valence-electron chi connectivity index (χ1n) is 6.96. The zero-order valence-electron chi connectivity index (χ0n) is 11.8. The lowest BCUT2D eigenvalue weighted by Gasteiger charge is -2.19. The fourth-order valence-corrected chi connectivity index (χ4v) is 2.16. The molecule has 110 valence electrons. The first kappa shape index (κ1) is 15.2. The van der Waals surface area contributed by atoms with Crippen LogP contribution in [-0.2, 0) is 11.2 Å². The van der Waals surface area contributed by atoms with E-state index in [9.17, 15) is 9.90 Å². The van der Waals surface area contributed by atoms with Crippen LogP contribution in [0.4, 0.5) is 0 Å². The Labute approximate surface area is 124 Å². The number of aliphatic hydroxyl groups excluding tert-OH is 1. The Morgan fingerprint density at radius 3 is 2.19 bits per heavy atom. The van der Waals surface area contributed by atoms with E-state index in [4.69, 9.17) is 5.73 Å². The number of hydrogen-bond donors (Lipinski definition) is 3. The van der Waals surface area contributed by atoms with Gasteiger partial charge in [-0.05, 0) is 17.5 Å². The Bertz CT molecular complexity index is 558. The van der Waals surface area contributed by atoms with Crippen LogP contribution < -0.4 is 11.1 Å². The number of aliphatic hydroxyl groups is 1. The molecule has 0 spiro atoms. The van der Waals surface area contributed by atoms with Crippen LogP contribution in [0.1, 0.15) is 17.2 Å². The molecule has 0 aliphatic carbocycles. The molecule has 2 aromatic rings. The summed E-state index contributed by atoms with van der Waals surface area (Å²) in [7, 11) is 0. The molecular formula is C17H20N2O2. The monoisotopic (exact) mass is 284 g/mol. The number of carbonyl (C=O) groups excluding carboxylic acids is 1. The summed E-state index contributed by atoms with van der Waals surface area (Å²) in [6.07, 6.45) is 0.574. The third-order valence-corrected chi connectivity index (χ3v) is 3.33. The van der Waals surface area contributed by atoms with Crippen molar-refractivity contribution in [2.75, 3.05) is 6.61 Å². The van der Waals surface area contributed by atoms with E-state index in [0.29, 0.717) is 6.42 Å². The van der Waals surface area contributed by atoms with Gasteiger partial charge in [0.1, 0.15) is 6.04 Å². The van der Waals surface area contributed by atoms with Crippen LogP contribution in [0, 0.1) is 0 Å². The summed E-state index contributed by atoms with van der Waals surface area (Å²) in [5, 5.41) is 12.2. The zero-order chi connectivity index (χ0) is 15.1. The maximum Gasteiger partial charge on any atom is 0.241 e. The summed E-state index contributed by atoms with van der Waals surface area (Å²) < 4.78 is 0. The second-order valence-electron chi connectivity index (χ2n) is 4.97. The highest BCUT2D eigenvalue weighted by atomic mass is 16.3. The molecule has 2 rings (SSSR count). The van der Waals surface area contributed by atoms with Crippen LogP contribution in [0.25, 0.3) is 0 Å². The number of nitrogens with two attached hydrogens (primary N) is 1. The first-order valence-corrected chi connectivity index (χ1v) is 6.96. The Morgan fingerprint density at radius 2 is 1.62 bits per heavy atom. The van der Waals surface area contributed by atoms with Crippen LogP contribution in [-0.4, -0.2) is 23.7 Å². The predicted octanol–water partition coefficient (Wildman–Crippen LogP) is 1.41. The SMILES string of the molecule is N[C@@H](C(=O)N[C@H](CO)Cc1ccccc1)c1ccccc1. The molecule has 1 amide bonds. The van der Waals surface area contributed by atoms with E-state index in [1.807, 2.05) is 60.7 Å². The van der Waals surface area contributed by atoms with E-state index in [1.54, 1.807) is 0 Å². The molecule has 4 N–H and O–H groups in total. The summed E-state index contributed by atoms with van der Waals surface area (Å²) >= 11 is 0. The molecule has 0 saturated heterocycles. The molecule has 0 bridgehead atoms. The standard InChI is InChI=1S/C17H20N2O2/c18-16(14-9-5-2-6-10-14)17(21)19-15(12-20)11-13-7-3-1-4-8-13/h1-10,15-16,20H,11-12,18H2,(H,19,21)/t15-,16+/m0/s1. The molecule has 0 heterocycles. The molecule has 0 fully saturated rings. The molecule has 0 aliphatic heterocycles.